The van der Waals surface area contributed by atoms with Gasteiger partial charge in [0.2, 0.25) is 0 Å². The Labute approximate surface area is 488 Å². The lowest BCUT2D eigenvalue weighted by molar-refractivity contribution is 0.332. The van der Waals surface area contributed by atoms with E-state index in [1.165, 1.54) is 27.8 Å². The first-order valence-electron chi connectivity index (χ1n) is 30.2. The van der Waals surface area contributed by atoms with Gasteiger partial charge in [-0.05, 0) is 146 Å². The maximum absolute atomic E-state index is 10.0. The van der Waals surface area contributed by atoms with Crippen LogP contribution in [0.1, 0.15) is 107 Å². The van der Waals surface area contributed by atoms with Gasteiger partial charge < -0.3 is 14.5 Å². The van der Waals surface area contributed by atoms with Gasteiger partial charge in [-0.2, -0.15) is 0 Å². The Balaban J connectivity index is 0.903. The predicted octanol–water partition coefficient (Wildman–Crippen LogP) is 21.1. The number of hydrogen-bond donors (Lipinski definition) is 0. The summed E-state index contributed by atoms with van der Waals surface area (Å²) in [5.74, 6) is 2.06. The van der Waals surface area contributed by atoms with Crippen molar-refractivity contribution in [2.24, 2.45) is 5.41 Å². The third-order valence-electron chi connectivity index (χ3n) is 17.2. The Kier molecular flexibility index (Phi) is 12.3. The summed E-state index contributed by atoms with van der Waals surface area (Å²) in [6.45, 7) is 22.7. The molecule has 2 aliphatic rings. The fourth-order valence-corrected chi connectivity index (χ4v) is 12.9. The standard InChI is InChI=1S/C77H74N4O/c1-74(2,3)48-55-44-71(78-49-65(55)63-30-21-31-66-72(63)77(9,10)43-42-76(66,7)8)81-67-41-38-56(75(4,5)6)45-64(67)62-40-39-59(47-70(62)81)82-58-27-19-26-57(46-58)79-50-80(69-33-18-17-32-68(69)79)73-60(53-24-15-12-16-25-53)28-20-29-61(73)54-36-34-52(35-37-54)51-22-13-11-14-23-51/h11-41,44-47,49H,42-43,48,50H2,1-10H3/i48D2. The topological polar surface area (TPSA) is 33.5 Å². The van der Waals surface area contributed by atoms with E-state index in [4.69, 9.17) is 9.72 Å². The third-order valence-corrected chi connectivity index (χ3v) is 17.2. The maximum Gasteiger partial charge on any atom is 0.137 e. The highest BCUT2D eigenvalue weighted by molar-refractivity contribution is 6.10. The first-order valence-corrected chi connectivity index (χ1v) is 29.2. The molecule has 3 heterocycles. The van der Waals surface area contributed by atoms with Crippen molar-refractivity contribution in [3.8, 4) is 61.8 Å². The monoisotopic (exact) mass is 1070 g/mol. The van der Waals surface area contributed by atoms with Gasteiger partial charge in [0.1, 0.15) is 24.0 Å². The van der Waals surface area contributed by atoms with Crippen LogP contribution < -0.4 is 14.5 Å². The first kappa shape index (κ1) is 50.3. The molecule has 0 amide bonds. The highest BCUT2D eigenvalue weighted by atomic mass is 16.5. The van der Waals surface area contributed by atoms with Crippen molar-refractivity contribution in [1.29, 1.82) is 0 Å². The van der Waals surface area contributed by atoms with E-state index in [-0.39, 0.29) is 16.2 Å². The summed E-state index contributed by atoms with van der Waals surface area (Å²) >= 11 is 0. The summed E-state index contributed by atoms with van der Waals surface area (Å²) in [5, 5.41) is 2.18. The van der Waals surface area contributed by atoms with E-state index in [1.54, 1.807) is 0 Å². The van der Waals surface area contributed by atoms with Crippen molar-refractivity contribution < 1.29 is 7.48 Å². The molecule has 0 bridgehead atoms. The number of pyridine rings is 1. The summed E-state index contributed by atoms with van der Waals surface area (Å²) in [5.41, 5.74) is 18.8. The van der Waals surface area contributed by atoms with Gasteiger partial charge in [0.25, 0.3) is 0 Å². The molecule has 408 valence electrons. The zero-order valence-electron chi connectivity index (χ0n) is 51.1. The highest BCUT2D eigenvalue weighted by Gasteiger charge is 2.39. The minimum absolute atomic E-state index is 0.00793. The van der Waals surface area contributed by atoms with E-state index < -0.39 is 11.8 Å². The first-order chi connectivity index (χ1) is 40.2. The summed E-state index contributed by atoms with van der Waals surface area (Å²) in [6, 6.07) is 75.9. The number of aromatic nitrogens is 2. The molecule has 0 saturated heterocycles. The zero-order valence-corrected chi connectivity index (χ0v) is 49.1. The smallest absolute Gasteiger partial charge is 0.137 e. The molecular formula is C77H74N4O. The van der Waals surface area contributed by atoms with Crippen molar-refractivity contribution in [2.45, 2.75) is 105 Å². The van der Waals surface area contributed by atoms with Crippen molar-refractivity contribution >= 4 is 44.6 Å². The summed E-state index contributed by atoms with van der Waals surface area (Å²) in [7, 11) is 0. The van der Waals surface area contributed by atoms with Gasteiger partial charge in [-0.15, -0.1) is 0 Å². The molecule has 0 spiro atoms. The Hall–Kier alpha value is -8.67. The molecule has 0 atom stereocenters. The number of fused-ring (bicyclic) bond motifs is 5. The SMILES string of the molecule is [2H]C([2H])(c1cc(-n2c3ccc(C(C)(C)C)cc3c3ccc(Oc4cccc(N5CN(c6c(-c7ccccc7)cccc6-c6ccc(-c7ccccc7)cc6)c6ccccc65)c4)cc32)ncc1-c1cccc2c1C(C)(C)CCC2(C)C)C(C)(C)C. The van der Waals surface area contributed by atoms with Crippen LogP contribution >= 0.6 is 0 Å². The molecule has 0 N–H and O–H groups in total. The molecule has 9 aromatic carbocycles. The van der Waals surface area contributed by atoms with E-state index in [1.807, 2.05) is 39.1 Å². The largest absolute Gasteiger partial charge is 0.457 e. The summed E-state index contributed by atoms with van der Waals surface area (Å²) in [6.07, 6.45) is 2.36. The van der Waals surface area contributed by atoms with Crippen LogP contribution in [0.15, 0.2) is 219 Å². The number of anilines is 4. The van der Waals surface area contributed by atoms with E-state index in [0.29, 0.717) is 29.5 Å². The van der Waals surface area contributed by atoms with Crippen LogP contribution in [0.4, 0.5) is 22.7 Å². The quantitative estimate of drug-likeness (QED) is 0.137. The van der Waals surface area contributed by atoms with Crippen LogP contribution in [-0.2, 0) is 22.6 Å². The number of para-hydroxylation sites is 3. The molecule has 11 aromatic rings. The molecule has 0 fully saturated rings. The van der Waals surface area contributed by atoms with Crippen LogP contribution in [0.5, 0.6) is 11.5 Å². The lowest BCUT2D eigenvalue weighted by Gasteiger charge is -2.43. The lowest BCUT2D eigenvalue weighted by Crippen LogP contribution is -2.34. The molecule has 82 heavy (non-hydrogen) atoms. The van der Waals surface area contributed by atoms with Gasteiger partial charge in [-0.1, -0.05) is 215 Å². The number of hydrogen-bond acceptors (Lipinski definition) is 4. The van der Waals surface area contributed by atoms with Gasteiger partial charge in [0.05, 0.1) is 28.1 Å². The normalized spacial score (nSPS) is 15.3. The second-order valence-electron chi connectivity index (χ2n) is 26.1. The van der Waals surface area contributed by atoms with E-state index in [0.717, 1.165) is 90.8 Å². The fraction of sp³-hybridized carbons (Fsp3) is 0.234. The predicted molar refractivity (Wildman–Crippen MR) is 346 cm³/mol. The Morgan fingerprint density at radius 3 is 1.80 bits per heavy atom. The highest BCUT2D eigenvalue weighted by Crippen LogP contribution is 2.53. The van der Waals surface area contributed by atoms with Gasteiger partial charge in [-0.25, -0.2) is 4.98 Å². The maximum atomic E-state index is 10.0. The minimum atomic E-state index is -1.73. The Bertz CT molecular complexity index is 4320. The fourth-order valence-electron chi connectivity index (χ4n) is 12.9. The van der Waals surface area contributed by atoms with Gasteiger partial charge >= 0.3 is 0 Å². The molecule has 2 aromatic heterocycles. The van der Waals surface area contributed by atoms with E-state index in [2.05, 4.69) is 263 Å². The van der Waals surface area contributed by atoms with Crippen molar-refractivity contribution in [3.05, 3.63) is 241 Å². The molecule has 13 rings (SSSR count). The van der Waals surface area contributed by atoms with Gasteiger partial charge in [0.15, 0.2) is 0 Å². The second-order valence-corrected chi connectivity index (χ2v) is 26.1. The number of nitrogens with zero attached hydrogens (tertiary/aromatic N) is 4. The molecule has 1 aliphatic heterocycles. The summed E-state index contributed by atoms with van der Waals surface area (Å²) in [4.78, 5) is 10.2. The Morgan fingerprint density at radius 1 is 0.500 bits per heavy atom. The van der Waals surface area contributed by atoms with Crippen molar-refractivity contribution in [2.75, 3.05) is 16.5 Å². The summed E-state index contributed by atoms with van der Waals surface area (Å²) < 4.78 is 29.3. The molecule has 5 heteroatoms. The average molecular weight is 1070 g/mol. The molecule has 0 unspecified atom stereocenters. The Morgan fingerprint density at radius 2 is 1.10 bits per heavy atom. The molecule has 5 nitrogen and oxygen atoms in total. The van der Waals surface area contributed by atoms with Crippen LogP contribution in [-0.4, -0.2) is 16.2 Å². The van der Waals surface area contributed by atoms with E-state index >= 15 is 0 Å². The van der Waals surface area contributed by atoms with Crippen molar-refractivity contribution in [1.82, 2.24) is 9.55 Å². The number of benzene rings is 9. The molecule has 0 saturated carbocycles. The molecule has 1 aliphatic carbocycles. The van der Waals surface area contributed by atoms with Gasteiger partial charge in [0, 0.05) is 54.2 Å². The second kappa shape index (κ2) is 20.1. The van der Waals surface area contributed by atoms with E-state index in [9.17, 15) is 2.74 Å². The van der Waals surface area contributed by atoms with Crippen LogP contribution in [0, 0.1) is 5.41 Å². The third kappa shape index (κ3) is 9.64. The van der Waals surface area contributed by atoms with Gasteiger partial charge in [-0.3, -0.25) is 4.57 Å². The lowest BCUT2D eigenvalue weighted by atomic mass is 9.61. The minimum Gasteiger partial charge on any atom is -0.457 e. The molecular weight excluding hydrogens is 997 g/mol. The van der Waals surface area contributed by atoms with Crippen LogP contribution in [0.3, 0.4) is 0 Å². The van der Waals surface area contributed by atoms with Crippen LogP contribution in [0.25, 0.3) is 72.1 Å². The zero-order chi connectivity index (χ0) is 58.5. The number of rotatable bonds is 10. The molecule has 0 radical (unpaired) electrons. The van der Waals surface area contributed by atoms with Crippen molar-refractivity contribution in [3.63, 3.8) is 0 Å². The van der Waals surface area contributed by atoms with Crippen LogP contribution in [0.2, 0.25) is 0 Å². The average Bonchev–Trinajstić information content (AvgIpc) is 1.90. The number of ether oxygens (including phenoxy) is 1.